The van der Waals surface area contributed by atoms with Crippen LogP contribution in [0.2, 0.25) is 0 Å². The summed E-state index contributed by atoms with van der Waals surface area (Å²) in [5, 5.41) is 5.41. The second kappa shape index (κ2) is 5.49. The summed E-state index contributed by atoms with van der Waals surface area (Å²) in [6.07, 6.45) is 0. The van der Waals surface area contributed by atoms with Crippen molar-refractivity contribution < 1.29 is 0 Å². The summed E-state index contributed by atoms with van der Waals surface area (Å²) in [5.41, 5.74) is 8.16. The molecule has 0 bridgehead atoms. The fourth-order valence-corrected chi connectivity index (χ4v) is 4.13. The van der Waals surface area contributed by atoms with Gasteiger partial charge in [-0.1, -0.05) is 60.7 Å². The fraction of sp³-hybridized carbons (Fsp3) is 0.167. The molecular formula is C24H22. The van der Waals surface area contributed by atoms with Gasteiger partial charge in [0.2, 0.25) is 0 Å². The molecule has 24 heavy (non-hydrogen) atoms. The zero-order chi connectivity index (χ0) is 16.8. The molecular weight excluding hydrogens is 288 g/mol. The van der Waals surface area contributed by atoms with Crippen LogP contribution in [0.1, 0.15) is 22.3 Å². The van der Waals surface area contributed by atoms with E-state index < -0.39 is 0 Å². The van der Waals surface area contributed by atoms with E-state index in [0.717, 1.165) is 0 Å². The summed E-state index contributed by atoms with van der Waals surface area (Å²) in [6.45, 7) is 8.89. The predicted molar refractivity (Wildman–Crippen MR) is 106 cm³/mol. The van der Waals surface area contributed by atoms with Crippen LogP contribution in [0.3, 0.4) is 0 Å². The SMILES string of the molecule is Cc1cc(C)c2ccccc2c1-c1c(C)cc(C)c2ccccc12. The first-order valence-electron chi connectivity index (χ1n) is 8.56. The highest BCUT2D eigenvalue weighted by Gasteiger charge is 2.15. The molecule has 0 spiro atoms. The van der Waals surface area contributed by atoms with E-state index in [-0.39, 0.29) is 0 Å². The maximum Gasteiger partial charge on any atom is -0.00670 e. The minimum absolute atomic E-state index is 1.35. The van der Waals surface area contributed by atoms with Gasteiger partial charge in [-0.25, -0.2) is 0 Å². The van der Waals surface area contributed by atoms with E-state index in [0.29, 0.717) is 0 Å². The molecule has 0 heterocycles. The molecule has 0 saturated carbocycles. The van der Waals surface area contributed by atoms with Crippen molar-refractivity contribution in [3.63, 3.8) is 0 Å². The van der Waals surface area contributed by atoms with Gasteiger partial charge in [0.1, 0.15) is 0 Å². The van der Waals surface area contributed by atoms with Crippen molar-refractivity contribution in [3.05, 3.63) is 82.9 Å². The van der Waals surface area contributed by atoms with Crippen LogP contribution in [-0.2, 0) is 0 Å². The van der Waals surface area contributed by atoms with Crippen LogP contribution < -0.4 is 0 Å². The average Bonchev–Trinajstić information content (AvgIpc) is 2.57. The third-order valence-electron chi connectivity index (χ3n) is 5.15. The van der Waals surface area contributed by atoms with E-state index in [1.165, 1.54) is 54.9 Å². The molecule has 0 atom stereocenters. The molecule has 118 valence electrons. The first kappa shape index (κ1) is 15.0. The van der Waals surface area contributed by atoms with E-state index in [4.69, 9.17) is 0 Å². The van der Waals surface area contributed by atoms with Crippen molar-refractivity contribution in [1.29, 1.82) is 0 Å². The van der Waals surface area contributed by atoms with Gasteiger partial charge in [-0.2, -0.15) is 0 Å². The van der Waals surface area contributed by atoms with Crippen LogP contribution in [0.5, 0.6) is 0 Å². The molecule has 0 unspecified atom stereocenters. The zero-order valence-corrected chi connectivity index (χ0v) is 14.8. The fourth-order valence-electron chi connectivity index (χ4n) is 4.13. The average molecular weight is 310 g/mol. The number of aryl methyl sites for hydroxylation is 4. The van der Waals surface area contributed by atoms with Crippen molar-refractivity contribution in [2.75, 3.05) is 0 Å². The highest BCUT2D eigenvalue weighted by Crippen LogP contribution is 2.40. The summed E-state index contributed by atoms with van der Waals surface area (Å²) < 4.78 is 0. The molecule has 0 aliphatic heterocycles. The van der Waals surface area contributed by atoms with E-state index in [1.807, 2.05) is 0 Å². The lowest BCUT2D eigenvalue weighted by Gasteiger charge is -2.18. The third-order valence-corrected chi connectivity index (χ3v) is 5.15. The van der Waals surface area contributed by atoms with Gasteiger partial charge < -0.3 is 0 Å². The van der Waals surface area contributed by atoms with E-state index in [9.17, 15) is 0 Å². The van der Waals surface area contributed by atoms with Crippen molar-refractivity contribution in [1.82, 2.24) is 0 Å². The maximum atomic E-state index is 2.33. The second-order valence-electron chi connectivity index (χ2n) is 6.86. The van der Waals surface area contributed by atoms with E-state index in [2.05, 4.69) is 88.4 Å². The molecule has 0 saturated heterocycles. The van der Waals surface area contributed by atoms with Crippen molar-refractivity contribution in [2.45, 2.75) is 27.7 Å². The highest BCUT2D eigenvalue weighted by molar-refractivity contribution is 6.09. The highest BCUT2D eigenvalue weighted by atomic mass is 14.2. The topological polar surface area (TPSA) is 0 Å². The summed E-state index contributed by atoms with van der Waals surface area (Å²) in [7, 11) is 0. The van der Waals surface area contributed by atoms with Gasteiger partial charge in [0.05, 0.1) is 0 Å². The van der Waals surface area contributed by atoms with Gasteiger partial charge in [0.15, 0.2) is 0 Å². The van der Waals surface area contributed by atoms with E-state index in [1.54, 1.807) is 0 Å². The third kappa shape index (κ3) is 2.14. The molecule has 0 amide bonds. The van der Waals surface area contributed by atoms with Gasteiger partial charge in [-0.15, -0.1) is 0 Å². The molecule has 0 nitrogen and oxygen atoms in total. The molecule has 0 aliphatic carbocycles. The second-order valence-corrected chi connectivity index (χ2v) is 6.86. The van der Waals surface area contributed by atoms with Gasteiger partial charge >= 0.3 is 0 Å². The zero-order valence-electron chi connectivity index (χ0n) is 14.8. The first-order valence-corrected chi connectivity index (χ1v) is 8.56. The van der Waals surface area contributed by atoms with Gasteiger partial charge in [0.25, 0.3) is 0 Å². The number of fused-ring (bicyclic) bond motifs is 2. The van der Waals surface area contributed by atoms with Crippen LogP contribution in [0.25, 0.3) is 32.7 Å². The molecule has 0 aromatic heterocycles. The molecule has 4 aromatic rings. The standard InChI is InChI=1S/C24H22/c1-15-13-17(3)23(21-11-7-5-9-19(15)21)24-18(4)14-16(2)20-10-6-8-12-22(20)24/h5-14H,1-4H3. The van der Waals surface area contributed by atoms with Gasteiger partial charge in [0, 0.05) is 0 Å². The monoisotopic (exact) mass is 310 g/mol. The number of benzene rings is 4. The Morgan fingerprint density at radius 1 is 0.417 bits per heavy atom. The molecule has 4 aromatic carbocycles. The number of hydrogen-bond donors (Lipinski definition) is 0. The Labute approximate surface area is 143 Å². The number of hydrogen-bond acceptors (Lipinski definition) is 0. The maximum absolute atomic E-state index is 2.33. The van der Waals surface area contributed by atoms with Crippen LogP contribution >= 0.6 is 0 Å². The van der Waals surface area contributed by atoms with Crippen LogP contribution in [0.4, 0.5) is 0 Å². The quantitative estimate of drug-likeness (QED) is 0.359. The van der Waals surface area contributed by atoms with E-state index >= 15 is 0 Å². The van der Waals surface area contributed by atoms with Crippen molar-refractivity contribution in [2.24, 2.45) is 0 Å². The van der Waals surface area contributed by atoms with Gasteiger partial charge in [-0.3, -0.25) is 0 Å². The van der Waals surface area contributed by atoms with Crippen LogP contribution in [0.15, 0.2) is 60.7 Å². The Hall–Kier alpha value is -2.60. The summed E-state index contributed by atoms with van der Waals surface area (Å²) in [4.78, 5) is 0. The lowest BCUT2D eigenvalue weighted by molar-refractivity contribution is 1.39. The predicted octanol–water partition coefficient (Wildman–Crippen LogP) is 6.89. The smallest absolute Gasteiger partial charge is 0.00670 e. The molecule has 0 N–H and O–H groups in total. The molecule has 0 fully saturated rings. The van der Waals surface area contributed by atoms with Crippen LogP contribution in [0, 0.1) is 27.7 Å². The Morgan fingerprint density at radius 3 is 1.12 bits per heavy atom. The van der Waals surface area contributed by atoms with Crippen LogP contribution in [-0.4, -0.2) is 0 Å². The molecule has 0 radical (unpaired) electrons. The summed E-state index contributed by atoms with van der Waals surface area (Å²) >= 11 is 0. The Balaban J connectivity index is 2.23. The Bertz CT molecular complexity index is 995. The first-order chi connectivity index (χ1) is 11.6. The summed E-state index contributed by atoms with van der Waals surface area (Å²) in [5.74, 6) is 0. The Morgan fingerprint density at radius 2 is 0.750 bits per heavy atom. The van der Waals surface area contributed by atoms with Crippen molar-refractivity contribution >= 4 is 21.5 Å². The Kier molecular flexibility index (Phi) is 3.42. The molecule has 0 heteroatoms. The lowest BCUT2D eigenvalue weighted by atomic mass is 9.85. The minimum Gasteiger partial charge on any atom is -0.0616 e. The lowest BCUT2D eigenvalue weighted by Crippen LogP contribution is -1.94. The minimum atomic E-state index is 1.35. The van der Waals surface area contributed by atoms with Crippen molar-refractivity contribution in [3.8, 4) is 11.1 Å². The van der Waals surface area contributed by atoms with Gasteiger partial charge in [-0.05, 0) is 82.6 Å². The molecule has 4 rings (SSSR count). The number of rotatable bonds is 1. The molecule has 0 aliphatic rings. The largest absolute Gasteiger partial charge is 0.0616 e. The summed E-state index contributed by atoms with van der Waals surface area (Å²) in [6, 6.07) is 22.2. The normalized spacial score (nSPS) is 11.3.